The fourth-order valence-electron chi connectivity index (χ4n) is 6.86. The number of carbonyl (C=O) groups excluding carboxylic acids is 3. The molecular formula is C66H101O11P. The molecule has 3 atom stereocenters. The van der Waals surface area contributed by atoms with E-state index in [1.807, 2.05) is 18.2 Å². The van der Waals surface area contributed by atoms with Crippen LogP contribution in [0.5, 0.6) is 0 Å². The number of carbonyl (C=O) groups is 3. The van der Waals surface area contributed by atoms with Crippen LogP contribution in [0.3, 0.4) is 0 Å². The lowest BCUT2D eigenvalue weighted by molar-refractivity contribution is -0.161. The number of rotatable bonds is 51. The van der Waals surface area contributed by atoms with E-state index < -0.39 is 57.8 Å². The van der Waals surface area contributed by atoms with Crippen molar-refractivity contribution in [1.29, 1.82) is 0 Å². The molecule has 0 radical (unpaired) electrons. The largest absolute Gasteiger partial charge is 0.472 e. The first-order valence-corrected chi connectivity index (χ1v) is 30.5. The van der Waals surface area contributed by atoms with Gasteiger partial charge >= 0.3 is 25.7 Å². The fourth-order valence-corrected chi connectivity index (χ4v) is 7.64. The second-order valence-corrected chi connectivity index (χ2v) is 19.8. The van der Waals surface area contributed by atoms with Gasteiger partial charge in [-0.25, -0.2) is 4.57 Å². The highest BCUT2D eigenvalue weighted by molar-refractivity contribution is 7.47. The number of esters is 3. The predicted octanol–water partition coefficient (Wildman–Crippen LogP) is 17.5. The zero-order valence-corrected chi connectivity index (χ0v) is 48.9. The Labute approximate surface area is 472 Å². The first kappa shape index (κ1) is 72.8. The zero-order valence-electron chi connectivity index (χ0n) is 48.0. The Morgan fingerprint density at radius 3 is 1.06 bits per heavy atom. The average Bonchev–Trinajstić information content (AvgIpc) is 3.43. The summed E-state index contributed by atoms with van der Waals surface area (Å²) in [4.78, 5) is 48.5. The summed E-state index contributed by atoms with van der Waals surface area (Å²) in [6, 6.07) is 0. The number of phosphoric acid groups is 1. The molecule has 0 amide bonds. The van der Waals surface area contributed by atoms with Crippen molar-refractivity contribution in [3.05, 3.63) is 170 Å². The molecule has 0 aliphatic heterocycles. The molecule has 0 saturated carbocycles. The molecule has 0 spiro atoms. The van der Waals surface area contributed by atoms with Crippen molar-refractivity contribution in [2.75, 3.05) is 26.4 Å². The van der Waals surface area contributed by atoms with Gasteiger partial charge < -0.3 is 24.2 Å². The molecule has 0 aromatic heterocycles. The molecule has 12 heteroatoms. The van der Waals surface area contributed by atoms with E-state index in [2.05, 4.69) is 167 Å². The van der Waals surface area contributed by atoms with Crippen LogP contribution in [0.1, 0.15) is 188 Å². The van der Waals surface area contributed by atoms with Crippen molar-refractivity contribution in [2.24, 2.45) is 0 Å². The van der Waals surface area contributed by atoms with E-state index in [0.29, 0.717) is 19.3 Å². The van der Waals surface area contributed by atoms with Crippen molar-refractivity contribution in [3.63, 3.8) is 0 Å². The highest BCUT2D eigenvalue weighted by Crippen LogP contribution is 2.43. The number of allylic oxidation sites excluding steroid dienone is 27. The topological polar surface area (TPSA) is 155 Å². The van der Waals surface area contributed by atoms with Gasteiger partial charge in [-0.15, -0.1) is 0 Å². The number of phosphoric ester groups is 1. The molecule has 2 N–H and O–H groups in total. The normalized spacial score (nSPS) is 14.6. The molecule has 0 aliphatic rings. The highest BCUT2D eigenvalue weighted by atomic mass is 31.2. The second-order valence-electron chi connectivity index (χ2n) is 18.3. The summed E-state index contributed by atoms with van der Waals surface area (Å²) in [5.74, 6) is -1.69. The zero-order chi connectivity index (χ0) is 56.9. The number of hydrogen-bond donors (Lipinski definition) is 2. The van der Waals surface area contributed by atoms with Crippen LogP contribution in [0.2, 0.25) is 0 Å². The molecule has 0 aliphatic carbocycles. The van der Waals surface area contributed by atoms with E-state index in [1.165, 1.54) is 0 Å². The first-order chi connectivity index (χ1) is 38.2. The number of hydrogen-bond acceptors (Lipinski definition) is 10. The third kappa shape index (κ3) is 55.6. The van der Waals surface area contributed by atoms with E-state index in [0.717, 1.165) is 128 Å². The highest BCUT2D eigenvalue weighted by Gasteiger charge is 2.28. The van der Waals surface area contributed by atoms with Gasteiger partial charge in [-0.05, 0) is 128 Å². The van der Waals surface area contributed by atoms with Gasteiger partial charge in [0.05, 0.1) is 26.2 Å². The van der Waals surface area contributed by atoms with Crippen LogP contribution in [0.4, 0.5) is 0 Å². The van der Waals surface area contributed by atoms with Gasteiger partial charge in [-0.2, -0.15) is 0 Å². The Morgan fingerprint density at radius 1 is 0.372 bits per heavy atom. The third-order valence-corrected chi connectivity index (χ3v) is 12.1. The maximum atomic E-state index is 12.9. The van der Waals surface area contributed by atoms with Crippen LogP contribution >= 0.6 is 7.82 Å². The van der Waals surface area contributed by atoms with E-state index >= 15 is 0 Å². The summed E-state index contributed by atoms with van der Waals surface area (Å²) in [7, 11) is -4.80. The molecule has 0 saturated heterocycles. The Kier molecular flexibility index (Phi) is 54.2. The van der Waals surface area contributed by atoms with Gasteiger partial charge in [0.25, 0.3) is 0 Å². The maximum Gasteiger partial charge on any atom is 0.472 e. The van der Waals surface area contributed by atoms with Crippen molar-refractivity contribution < 1.29 is 52.2 Å². The van der Waals surface area contributed by atoms with Crippen LogP contribution in [-0.2, 0) is 42.2 Å². The second kappa shape index (κ2) is 58.0. The Hall–Kier alpha value is -5.16. The summed E-state index contributed by atoms with van der Waals surface area (Å²) in [5, 5.41) is 9.80. The Balaban J connectivity index is 4.95. The van der Waals surface area contributed by atoms with Crippen molar-refractivity contribution in [2.45, 2.75) is 200 Å². The summed E-state index contributed by atoms with van der Waals surface area (Å²) in [5.41, 5.74) is 0. The minimum Gasteiger partial charge on any atom is -0.462 e. The SMILES string of the molecule is CC/C=C\C/C=C\C/C=C\C/C=C\C/C=C\CCCCCC(=O)OC(COC(=O)CCCCCC/C=C\C/C=C\C/C=C\C/C=C\CC)COP(=O)(O)OCC(CO)OC(=O)C/C=C\C/C=C\C/C=C\C/C=C\C/C=C\CC. The summed E-state index contributed by atoms with van der Waals surface area (Å²) in [6.07, 6.45) is 77.7. The van der Waals surface area contributed by atoms with Crippen molar-refractivity contribution in [3.8, 4) is 0 Å². The van der Waals surface area contributed by atoms with E-state index in [9.17, 15) is 28.9 Å². The van der Waals surface area contributed by atoms with Gasteiger partial charge in [0.1, 0.15) is 12.7 Å². The standard InChI is InChI=1S/C66H101O11P/c1-4-7-10-13-16-19-22-25-28-30-31-33-36-39-42-45-48-51-54-57-66(70)77-63(59-73-64(68)55-52-49-46-43-40-37-35-32-29-26-23-20-17-14-11-8-5-2)61-75-78(71,72)74-60-62(58-67)76-65(69)56-53-50-47-44-41-38-34-27-24-21-18-15-12-9-6-3/h7-12,16-21,25-29,31,33-35,37,39,41-42,44,50,53,62-63,67H,4-6,13-15,22-24,30,32,36,38,40,43,45-49,51-52,54-61H2,1-3H3,(H,71,72)/b10-7-,11-8-,12-9-,19-16-,20-17-,21-18-,28-25-,29-26-,33-31-,34-27-,37-35-,42-39-,44-41-,53-50-. The molecule has 11 nitrogen and oxygen atoms in total. The molecule has 0 heterocycles. The maximum absolute atomic E-state index is 12.9. The first-order valence-electron chi connectivity index (χ1n) is 29.0. The van der Waals surface area contributed by atoms with E-state index in [-0.39, 0.29) is 25.9 Å². The summed E-state index contributed by atoms with van der Waals surface area (Å²) >= 11 is 0. The number of aliphatic hydroxyl groups excluding tert-OH is 1. The van der Waals surface area contributed by atoms with Crippen molar-refractivity contribution >= 4 is 25.7 Å². The average molecular weight is 1100 g/mol. The van der Waals surface area contributed by atoms with Crippen LogP contribution in [0.25, 0.3) is 0 Å². The fraction of sp³-hybridized carbons (Fsp3) is 0.530. The number of aliphatic hydroxyl groups is 1. The van der Waals surface area contributed by atoms with E-state index in [1.54, 1.807) is 6.08 Å². The third-order valence-electron chi connectivity index (χ3n) is 11.1. The van der Waals surface area contributed by atoms with E-state index in [4.69, 9.17) is 23.3 Å². The minimum absolute atomic E-state index is 0.0694. The van der Waals surface area contributed by atoms with Crippen LogP contribution < -0.4 is 0 Å². The quantitative estimate of drug-likeness (QED) is 0.0197. The smallest absolute Gasteiger partial charge is 0.462 e. The lowest BCUT2D eigenvalue weighted by Gasteiger charge is -2.21. The monoisotopic (exact) mass is 1100 g/mol. The summed E-state index contributed by atoms with van der Waals surface area (Å²) < 4.78 is 39.4. The van der Waals surface area contributed by atoms with Crippen LogP contribution in [-0.4, -0.2) is 66.5 Å². The Bertz CT molecular complexity index is 1960. The molecule has 3 unspecified atom stereocenters. The molecular weight excluding hydrogens is 1000 g/mol. The Morgan fingerprint density at radius 2 is 0.679 bits per heavy atom. The lowest BCUT2D eigenvalue weighted by Crippen LogP contribution is -2.30. The molecule has 0 fully saturated rings. The van der Waals surface area contributed by atoms with Gasteiger partial charge in [0.2, 0.25) is 0 Å². The molecule has 0 bridgehead atoms. The molecule has 0 aromatic carbocycles. The molecule has 436 valence electrons. The molecule has 0 rings (SSSR count). The van der Waals surface area contributed by atoms with Gasteiger partial charge in [0.15, 0.2) is 6.10 Å². The van der Waals surface area contributed by atoms with Gasteiger partial charge in [-0.3, -0.25) is 23.4 Å². The predicted molar refractivity (Wildman–Crippen MR) is 325 cm³/mol. The number of ether oxygens (including phenoxy) is 3. The number of unbranched alkanes of at least 4 members (excludes halogenated alkanes) is 7. The minimum atomic E-state index is -4.80. The van der Waals surface area contributed by atoms with Gasteiger partial charge in [-0.1, -0.05) is 210 Å². The molecule has 0 aromatic rings. The van der Waals surface area contributed by atoms with Crippen LogP contribution in [0, 0.1) is 0 Å². The molecule has 78 heavy (non-hydrogen) atoms. The lowest BCUT2D eigenvalue weighted by atomic mass is 10.1. The van der Waals surface area contributed by atoms with Crippen molar-refractivity contribution in [1.82, 2.24) is 0 Å². The summed E-state index contributed by atoms with van der Waals surface area (Å²) in [6.45, 7) is 4.09. The van der Waals surface area contributed by atoms with Gasteiger partial charge in [0, 0.05) is 12.8 Å². The van der Waals surface area contributed by atoms with Crippen LogP contribution in [0.15, 0.2) is 170 Å².